The molecule has 21 heavy (non-hydrogen) atoms. The molecule has 3 nitrogen and oxygen atoms in total. The Morgan fingerprint density at radius 2 is 2.14 bits per heavy atom. The van der Waals surface area contributed by atoms with Gasteiger partial charge in [-0.3, -0.25) is 0 Å². The van der Waals surface area contributed by atoms with Gasteiger partial charge in [0.15, 0.2) is 0 Å². The van der Waals surface area contributed by atoms with Crippen molar-refractivity contribution in [1.82, 2.24) is 14.9 Å². The average molecular weight is 354 g/mol. The summed E-state index contributed by atoms with van der Waals surface area (Å²) in [5.74, 6) is -0.232. The van der Waals surface area contributed by atoms with Crippen LogP contribution in [0, 0.1) is 11.2 Å². The molecule has 0 aliphatic heterocycles. The van der Waals surface area contributed by atoms with Crippen molar-refractivity contribution in [1.29, 1.82) is 0 Å². The Kier molecular flexibility index (Phi) is 5.17. The maximum atomic E-state index is 13.3. The van der Waals surface area contributed by atoms with E-state index in [1.54, 1.807) is 6.20 Å². The van der Waals surface area contributed by atoms with Gasteiger partial charge in [-0.15, -0.1) is 0 Å². The molecule has 2 rings (SSSR count). The maximum Gasteiger partial charge on any atom is 0.137 e. The molecule has 1 heterocycles. The van der Waals surface area contributed by atoms with Gasteiger partial charge in [0.05, 0.1) is 10.8 Å². The largest absolute Gasteiger partial charge is 0.336 e. The third-order valence-electron chi connectivity index (χ3n) is 3.53. The van der Waals surface area contributed by atoms with Crippen LogP contribution in [-0.4, -0.2) is 15.6 Å². The highest BCUT2D eigenvalue weighted by Gasteiger charge is 2.24. The molecule has 2 aromatic rings. The Morgan fingerprint density at radius 3 is 2.71 bits per heavy atom. The van der Waals surface area contributed by atoms with E-state index in [0.29, 0.717) is 11.0 Å². The third kappa shape index (κ3) is 4.64. The molecule has 1 atom stereocenters. The minimum Gasteiger partial charge on any atom is -0.336 e. The molecule has 0 radical (unpaired) electrons. The zero-order chi connectivity index (χ0) is 15.5. The SMILES string of the molecule is CC(C)(C)C(Cn1ccnc1)NCc1ccc(F)c(Br)c1. The van der Waals surface area contributed by atoms with E-state index < -0.39 is 0 Å². The molecule has 114 valence electrons. The fourth-order valence-corrected chi connectivity index (χ4v) is 2.57. The van der Waals surface area contributed by atoms with Gasteiger partial charge >= 0.3 is 0 Å². The van der Waals surface area contributed by atoms with E-state index in [2.05, 4.69) is 51.6 Å². The molecule has 1 N–H and O–H groups in total. The molecular weight excluding hydrogens is 333 g/mol. The predicted molar refractivity (Wildman–Crippen MR) is 86.4 cm³/mol. The second kappa shape index (κ2) is 6.71. The van der Waals surface area contributed by atoms with Crippen LogP contribution in [-0.2, 0) is 13.1 Å². The van der Waals surface area contributed by atoms with E-state index in [-0.39, 0.29) is 17.3 Å². The molecule has 0 saturated carbocycles. The van der Waals surface area contributed by atoms with Crippen molar-refractivity contribution in [2.75, 3.05) is 0 Å². The molecule has 1 aromatic carbocycles. The van der Waals surface area contributed by atoms with Gasteiger partial charge in [0.1, 0.15) is 5.82 Å². The summed E-state index contributed by atoms with van der Waals surface area (Å²) in [6.45, 7) is 8.19. The van der Waals surface area contributed by atoms with Crippen molar-refractivity contribution in [3.8, 4) is 0 Å². The number of aromatic nitrogens is 2. The van der Waals surface area contributed by atoms with Gasteiger partial charge < -0.3 is 9.88 Å². The van der Waals surface area contributed by atoms with Gasteiger partial charge in [-0.1, -0.05) is 26.8 Å². The summed E-state index contributed by atoms with van der Waals surface area (Å²) >= 11 is 3.23. The first-order chi connectivity index (χ1) is 9.86. The topological polar surface area (TPSA) is 29.9 Å². The Balaban J connectivity index is 2.03. The van der Waals surface area contributed by atoms with Crippen molar-refractivity contribution in [2.24, 2.45) is 5.41 Å². The summed E-state index contributed by atoms with van der Waals surface area (Å²) < 4.78 is 15.8. The van der Waals surface area contributed by atoms with Crippen LogP contribution >= 0.6 is 15.9 Å². The average Bonchev–Trinajstić information content (AvgIpc) is 2.90. The van der Waals surface area contributed by atoms with Crippen LogP contribution < -0.4 is 5.32 Å². The quantitative estimate of drug-likeness (QED) is 0.880. The monoisotopic (exact) mass is 353 g/mol. The smallest absolute Gasteiger partial charge is 0.137 e. The van der Waals surface area contributed by atoms with Gasteiger partial charge in [-0.2, -0.15) is 0 Å². The number of nitrogens with zero attached hydrogens (tertiary/aromatic N) is 2. The van der Waals surface area contributed by atoms with E-state index in [1.807, 2.05) is 24.7 Å². The van der Waals surface area contributed by atoms with E-state index >= 15 is 0 Å². The number of halogens is 2. The van der Waals surface area contributed by atoms with Crippen LogP contribution in [0.15, 0.2) is 41.4 Å². The summed E-state index contributed by atoms with van der Waals surface area (Å²) in [5.41, 5.74) is 1.17. The predicted octanol–water partition coefficient (Wildman–Crippen LogP) is 3.99. The number of nitrogens with one attached hydrogen (secondary N) is 1. The van der Waals surface area contributed by atoms with Gasteiger partial charge in [0, 0.05) is 31.5 Å². The zero-order valence-corrected chi connectivity index (χ0v) is 14.2. The highest BCUT2D eigenvalue weighted by Crippen LogP contribution is 2.22. The fraction of sp³-hybridized carbons (Fsp3) is 0.438. The lowest BCUT2D eigenvalue weighted by Gasteiger charge is -2.32. The molecule has 0 fully saturated rings. The lowest BCUT2D eigenvalue weighted by atomic mass is 9.86. The first kappa shape index (κ1) is 16.2. The molecule has 5 heteroatoms. The van der Waals surface area contributed by atoms with E-state index in [4.69, 9.17) is 0 Å². The molecule has 1 aromatic heterocycles. The minimum atomic E-state index is -0.232. The van der Waals surface area contributed by atoms with E-state index in [1.165, 1.54) is 6.07 Å². The zero-order valence-electron chi connectivity index (χ0n) is 12.6. The highest BCUT2D eigenvalue weighted by atomic mass is 79.9. The molecule has 0 bridgehead atoms. The Bertz CT molecular complexity index is 576. The summed E-state index contributed by atoms with van der Waals surface area (Å²) in [5, 5.41) is 3.57. The van der Waals surface area contributed by atoms with Crippen LogP contribution in [0.4, 0.5) is 4.39 Å². The Labute approximate surface area is 133 Å². The van der Waals surface area contributed by atoms with Gasteiger partial charge in [0.25, 0.3) is 0 Å². The standard InChI is InChI=1S/C16H21BrFN3/c1-16(2,3)15(10-21-7-6-19-11-21)20-9-12-4-5-14(18)13(17)8-12/h4-8,11,15,20H,9-10H2,1-3H3. The molecule has 0 amide bonds. The molecule has 0 aliphatic rings. The Morgan fingerprint density at radius 1 is 1.38 bits per heavy atom. The third-order valence-corrected chi connectivity index (χ3v) is 4.14. The summed E-state index contributed by atoms with van der Waals surface area (Å²) in [4.78, 5) is 4.08. The lowest BCUT2D eigenvalue weighted by molar-refractivity contribution is 0.240. The van der Waals surface area contributed by atoms with Crippen LogP contribution in [0.1, 0.15) is 26.3 Å². The summed E-state index contributed by atoms with van der Waals surface area (Å²) in [7, 11) is 0. The van der Waals surface area contributed by atoms with Gasteiger partial charge in [-0.25, -0.2) is 9.37 Å². The molecule has 0 aliphatic carbocycles. The minimum absolute atomic E-state index is 0.113. The number of benzene rings is 1. The molecule has 1 unspecified atom stereocenters. The Hall–Kier alpha value is -1.20. The maximum absolute atomic E-state index is 13.3. The first-order valence-corrected chi connectivity index (χ1v) is 7.78. The van der Waals surface area contributed by atoms with Crippen LogP contribution in [0.5, 0.6) is 0 Å². The number of imidazole rings is 1. The van der Waals surface area contributed by atoms with E-state index in [9.17, 15) is 4.39 Å². The van der Waals surface area contributed by atoms with Crippen molar-refractivity contribution in [2.45, 2.75) is 39.9 Å². The van der Waals surface area contributed by atoms with Crippen molar-refractivity contribution in [3.05, 3.63) is 52.8 Å². The number of rotatable bonds is 5. The first-order valence-electron chi connectivity index (χ1n) is 6.99. The summed E-state index contributed by atoms with van der Waals surface area (Å²) in [6, 6.07) is 5.40. The molecular formula is C16H21BrFN3. The van der Waals surface area contributed by atoms with E-state index in [0.717, 1.165) is 12.1 Å². The number of hydrogen-bond donors (Lipinski definition) is 1. The fourth-order valence-electron chi connectivity index (χ4n) is 2.14. The van der Waals surface area contributed by atoms with Gasteiger partial charge in [-0.05, 0) is 39.0 Å². The summed E-state index contributed by atoms with van der Waals surface area (Å²) in [6.07, 6.45) is 5.58. The second-order valence-electron chi connectivity index (χ2n) is 6.31. The van der Waals surface area contributed by atoms with Gasteiger partial charge in [0.2, 0.25) is 0 Å². The highest BCUT2D eigenvalue weighted by molar-refractivity contribution is 9.10. The molecule has 0 saturated heterocycles. The van der Waals surface area contributed by atoms with Crippen molar-refractivity contribution in [3.63, 3.8) is 0 Å². The van der Waals surface area contributed by atoms with Crippen LogP contribution in [0.2, 0.25) is 0 Å². The number of hydrogen-bond acceptors (Lipinski definition) is 2. The molecule has 0 spiro atoms. The normalized spacial score (nSPS) is 13.4. The van der Waals surface area contributed by atoms with Crippen molar-refractivity contribution >= 4 is 15.9 Å². The van der Waals surface area contributed by atoms with Crippen LogP contribution in [0.3, 0.4) is 0 Å². The second-order valence-corrected chi connectivity index (χ2v) is 7.16. The van der Waals surface area contributed by atoms with Crippen LogP contribution in [0.25, 0.3) is 0 Å². The van der Waals surface area contributed by atoms with Crippen molar-refractivity contribution < 1.29 is 4.39 Å². The lowest BCUT2D eigenvalue weighted by Crippen LogP contribution is -2.42.